The summed E-state index contributed by atoms with van der Waals surface area (Å²) in [7, 11) is 0. The highest BCUT2D eigenvalue weighted by molar-refractivity contribution is 5.22. The lowest BCUT2D eigenvalue weighted by molar-refractivity contribution is -0.0108. The summed E-state index contributed by atoms with van der Waals surface area (Å²) in [4.78, 5) is 0. The standard InChI is InChI=1S/C16H19FO2/c1-3-11-8-14(16(2)15(9-11)19-16)18-10-12-6-4-5-7-13(12)17/h3-7,14-15H,8-10H2,1-2H3/b11-3+. The van der Waals surface area contributed by atoms with Crippen molar-refractivity contribution in [3.05, 3.63) is 47.3 Å². The summed E-state index contributed by atoms with van der Waals surface area (Å²) < 4.78 is 25.3. The molecule has 1 aromatic rings. The fourth-order valence-corrected chi connectivity index (χ4v) is 2.83. The molecule has 102 valence electrons. The van der Waals surface area contributed by atoms with Crippen molar-refractivity contribution in [2.75, 3.05) is 0 Å². The quantitative estimate of drug-likeness (QED) is 0.613. The Bertz CT molecular complexity index is 511. The van der Waals surface area contributed by atoms with E-state index in [1.165, 1.54) is 11.6 Å². The van der Waals surface area contributed by atoms with E-state index < -0.39 is 0 Å². The van der Waals surface area contributed by atoms with Crippen molar-refractivity contribution in [3.63, 3.8) is 0 Å². The Morgan fingerprint density at radius 1 is 1.42 bits per heavy atom. The zero-order chi connectivity index (χ0) is 13.5. The number of ether oxygens (including phenoxy) is 2. The monoisotopic (exact) mass is 262 g/mol. The molecule has 2 nitrogen and oxygen atoms in total. The van der Waals surface area contributed by atoms with Crippen molar-refractivity contribution < 1.29 is 13.9 Å². The van der Waals surface area contributed by atoms with Gasteiger partial charge in [0.15, 0.2) is 0 Å². The summed E-state index contributed by atoms with van der Waals surface area (Å²) in [6.45, 7) is 4.45. The lowest BCUT2D eigenvalue weighted by Gasteiger charge is -2.27. The SMILES string of the molecule is C/C=C1\CC(OCc2ccccc2F)C2(C)OC2C1. The van der Waals surface area contributed by atoms with E-state index in [2.05, 4.69) is 13.0 Å². The van der Waals surface area contributed by atoms with E-state index in [0.29, 0.717) is 12.2 Å². The molecule has 3 atom stereocenters. The molecule has 2 fully saturated rings. The molecule has 3 unspecified atom stereocenters. The summed E-state index contributed by atoms with van der Waals surface area (Å²) in [6, 6.07) is 6.76. The molecular formula is C16H19FO2. The zero-order valence-corrected chi connectivity index (χ0v) is 11.4. The normalized spacial score (nSPS) is 35.2. The summed E-state index contributed by atoms with van der Waals surface area (Å²) in [5, 5.41) is 0. The number of allylic oxidation sites excluding steroid dienone is 1. The predicted molar refractivity (Wildman–Crippen MR) is 71.2 cm³/mol. The minimum absolute atomic E-state index is 0.0251. The molecule has 0 N–H and O–H groups in total. The maximum Gasteiger partial charge on any atom is 0.128 e. The minimum Gasteiger partial charge on any atom is -0.370 e. The fraction of sp³-hybridized carbons (Fsp3) is 0.500. The molecule has 1 aliphatic carbocycles. The van der Waals surface area contributed by atoms with Crippen LogP contribution < -0.4 is 0 Å². The molecule has 0 aromatic heterocycles. The van der Waals surface area contributed by atoms with E-state index in [0.717, 1.165) is 12.8 Å². The van der Waals surface area contributed by atoms with Crippen LogP contribution in [0.4, 0.5) is 4.39 Å². The predicted octanol–water partition coefficient (Wildman–Crippen LogP) is 3.61. The van der Waals surface area contributed by atoms with Gasteiger partial charge in [0.25, 0.3) is 0 Å². The largest absolute Gasteiger partial charge is 0.370 e. The zero-order valence-electron chi connectivity index (χ0n) is 11.4. The van der Waals surface area contributed by atoms with Crippen LogP contribution in [0.25, 0.3) is 0 Å². The number of epoxide rings is 1. The second kappa shape index (κ2) is 4.73. The van der Waals surface area contributed by atoms with Crippen molar-refractivity contribution in [1.82, 2.24) is 0 Å². The Kier molecular flexibility index (Phi) is 3.19. The van der Waals surface area contributed by atoms with Gasteiger partial charge in [0.2, 0.25) is 0 Å². The molecule has 1 saturated heterocycles. The van der Waals surface area contributed by atoms with Crippen molar-refractivity contribution in [2.45, 2.75) is 51.1 Å². The van der Waals surface area contributed by atoms with Crippen LogP contribution in [0, 0.1) is 5.82 Å². The molecule has 1 saturated carbocycles. The van der Waals surface area contributed by atoms with E-state index in [1.807, 2.05) is 13.0 Å². The number of fused-ring (bicyclic) bond motifs is 1. The molecule has 1 aromatic carbocycles. The molecule has 19 heavy (non-hydrogen) atoms. The first-order valence-corrected chi connectivity index (χ1v) is 6.80. The Morgan fingerprint density at radius 2 is 2.21 bits per heavy atom. The third-order valence-corrected chi connectivity index (χ3v) is 4.32. The van der Waals surface area contributed by atoms with Gasteiger partial charge in [0.05, 0.1) is 18.8 Å². The van der Waals surface area contributed by atoms with Crippen LogP contribution in [0.15, 0.2) is 35.9 Å². The van der Waals surface area contributed by atoms with Gasteiger partial charge in [0, 0.05) is 5.56 Å². The van der Waals surface area contributed by atoms with Gasteiger partial charge in [0.1, 0.15) is 11.4 Å². The van der Waals surface area contributed by atoms with E-state index in [4.69, 9.17) is 9.47 Å². The van der Waals surface area contributed by atoms with Crippen molar-refractivity contribution >= 4 is 0 Å². The van der Waals surface area contributed by atoms with Crippen LogP contribution in [-0.4, -0.2) is 17.8 Å². The molecule has 1 aliphatic heterocycles. The maximum absolute atomic E-state index is 13.6. The number of benzene rings is 1. The van der Waals surface area contributed by atoms with E-state index in [-0.39, 0.29) is 23.6 Å². The highest BCUT2D eigenvalue weighted by Crippen LogP contribution is 2.50. The first-order chi connectivity index (χ1) is 9.13. The van der Waals surface area contributed by atoms with Crippen LogP contribution in [0.2, 0.25) is 0 Å². The highest BCUT2D eigenvalue weighted by Gasteiger charge is 2.60. The van der Waals surface area contributed by atoms with Gasteiger partial charge in [-0.2, -0.15) is 0 Å². The maximum atomic E-state index is 13.6. The molecule has 3 heteroatoms. The summed E-state index contributed by atoms with van der Waals surface area (Å²) in [6.07, 6.45) is 4.33. The molecule has 0 bridgehead atoms. The second-order valence-electron chi connectivity index (χ2n) is 5.54. The Balaban J connectivity index is 1.68. The topological polar surface area (TPSA) is 21.8 Å². The average molecular weight is 262 g/mol. The Labute approximate surface area is 113 Å². The van der Waals surface area contributed by atoms with Crippen LogP contribution in [0.3, 0.4) is 0 Å². The van der Waals surface area contributed by atoms with E-state index in [1.54, 1.807) is 12.1 Å². The van der Waals surface area contributed by atoms with Gasteiger partial charge >= 0.3 is 0 Å². The molecular weight excluding hydrogens is 243 g/mol. The average Bonchev–Trinajstić information content (AvgIpc) is 3.08. The van der Waals surface area contributed by atoms with Gasteiger partial charge in [-0.1, -0.05) is 29.8 Å². The van der Waals surface area contributed by atoms with E-state index in [9.17, 15) is 4.39 Å². The lowest BCUT2D eigenvalue weighted by atomic mass is 9.84. The fourth-order valence-electron chi connectivity index (χ4n) is 2.83. The lowest BCUT2D eigenvalue weighted by Crippen LogP contribution is -2.36. The van der Waals surface area contributed by atoms with Gasteiger partial charge in [-0.3, -0.25) is 0 Å². The first-order valence-electron chi connectivity index (χ1n) is 6.80. The highest BCUT2D eigenvalue weighted by atomic mass is 19.1. The smallest absolute Gasteiger partial charge is 0.128 e. The van der Waals surface area contributed by atoms with Crippen LogP contribution in [0.1, 0.15) is 32.3 Å². The molecule has 0 spiro atoms. The molecule has 3 rings (SSSR count). The third-order valence-electron chi connectivity index (χ3n) is 4.32. The minimum atomic E-state index is -0.206. The Hall–Kier alpha value is -1.19. The molecule has 1 heterocycles. The number of hydrogen-bond donors (Lipinski definition) is 0. The first kappa shape index (κ1) is 12.8. The second-order valence-corrected chi connectivity index (χ2v) is 5.54. The van der Waals surface area contributed by atoms with E-state index >= 15 is 0 Å². The van der Waals surface area contributed by atoms with Gasteiger partial charge < -0.3 is 9.47 Å². The Morgan fingerprint density at radius 3 is 2.95 bits per heavy atom. The summed E-state index contributed by atoms with van der Waals surface area (Å²) in [5.74, 6) is -0.206. The van der Waals surface area contributed by atoms with Gasteiger partial charge in [-0.25, -0.2) is 4.39 Å². The number of hydrogen-bond acceptors (Lipinski definition) is 2. The van der Waals surface area contributed by atoms with Gasteiger partial charge in [-0.05, 0) is 32.8 Å². The van der Waals surface area contributed by atoms with Crippen LogP contribution >= 0.6 is 0 Å². The van der Waals surface area contributed by atoms with Crippen molar-refractivity contribution in [2.24, 2.45) is 0 Å². The molecule has 0 radical (unpaired) electrons. The van der Waals surface area contributed by atoms with Gasteiger partial charge in [-0.15, -0.1) is 0 Å². The van der Waals surface area contributed by atoms with Crippen molar-refractivity contribution in [1.29, 1.82) is 0 Å². The molecule has 2 aliphatic rings. The van der Waals surface area contributed by atoms with Crippen molar-refractivity contribution in [3.8, 4) is 0 Å². The van der Waals surface area contributed by atoms with Crippen LogP contribution in [0.5, 0.6) is 0 Å². The number of halogens is 1. The molecule has 0 amide bonds. The van der Waals surface area contributed by atoms with Crippen LogP contribution in [-0.2, 0) is 16.1 Å². The summed E-state index contributed by atoms with van der Waals surface area (Å²) >= 11 is 0. The number of rotatable bonds is 3. The third kappa shape index (κ3) is 2.33. The summed E-state index contributed by atoms with van der Waals surface area (Å²) in [5.41, 5.74) is 1.81.